The van der Waals surface area contributed by atoms with Gasteiger partial charge in [0.05, 0.1) is 4.90 Å². The zero-order chi connectivity index (χ0) is 19.3. The van der Waals surface area contributed by atoms with Crippen molar-refractivity contribution in [1.82, 2.24) is 14.9 Å². The number of rotatable bonds is 5. The molecule has 2 amide bonds. The quantitative estimate of drug-likeness (QED) is 0.737. The molecular formula is C17H24FN3O4S. The van der Waals surface area contributed by atoms with Gasteiger partial charge in [0.15, 0.2) is 0 Å². The van der Waals surface area contributed by atoms with Crippen LogP contribution in [-0.2, 0) is 19.6 Å². The third-order valence-corrected chi connectivity index (χ3v) is 6.61. The van der Waals surface area contributed by atoms with Crippen molar-refractivity contribution in [3.8, 4) is 0 Å². The Morgan fingerprint density at radius 1 is 1.27 bits per heavy atom. The molecule has 0 aromatic heterocycles. The van der Waals surface area contributed by atoms with E-state index in [1.165, 1.54) is 23.5 Å². The van der Waals surface area contributed by atoms with Gasteiger partial charge in [-0.1, -0.05) is 6.42 Å². The summed E-state index contributed by atoms with van der Waals surface area (Å²) >= 11 is 0. The van der Waals surface area contributed by atoms with Crippen LogP contribution < -0.4 is 10.6 Å². The molecule has 1 aliphatic heterocycles. The van der Waals surface area contributed by atoms with E-state index in [-0.39, 0.29) is 17.5 Å². The Morgan fingerprint density at radius 3 is 2.65 bits per heavy atom. The number of carbonyl (C=O) groups is 2. The van der Waals surface area contributed by atoms with Crippen LogP contribution in [0.1, 0.15) is 31.2 Å². The maximum absolute atomic E-state index is 13.3. The smallest absolute Gasteiger partial charge is 0.309 e. The summed E-state index contributed by atoms with van der Waals surface area (Å²) in [5.41, 5.74) is 0.363. The molecule has 1 atom stereocenters. The minimum atomic E-state index is -3.76. The second-order valence-electron chi connectivity index (χ2n) is 6.30. The van der Waals surface area contributed by atoms with Crippen molar-refractivity contribution in [1.29, 1.82) is 0 Å². The summed E-state index contributed by atoms with van der Waals surface area (Å²) in [5, 5.41) is 4.72. The van der Waals surface area contributed by atoms with Crippen molar-refractivity contribution in [3.63, 3.8) is 0 Å². The number of hydrogen-bond acceptors (Lipinski definition) is 4. The summed E-state index contributed by atoms with van der Waals surface area (Å²) in [4.78, 5) is 22.8. The molecule has 0 saturated carbocycles. The Bertz CT molecular complexity index is 782. The van der Waals surface area contributed by atoms with Crippen molar-refractivity contribution in [2.75, 3.05) is 20.1 Å². The number of piperidine rings is 1. The molecule has 1 fully saturated rings. The topological polar surface area (TPSA) is 95.6 Å². The minimum Gasteiger partial charge on any atom is -0.351 e. The molecular weight excluding hydrogens is 361 g/mol. The van der Waals surface area contributed by atoms with Gasteiger partial charge < -0.3 is 10.6 Å². The molecule has 0 spiro atoms. The first-order valence-corrected chi connectivity index (χ1v) is 9.99. The highest BCUT2D eigenvalue weighted by Gasteiger charge is 2.34. The van der Waals surface area contributed by atoms with Crippen molar-refractivity contribution < 1.29 is 22.4 Å². The predicted octanol–water partition coefficient (Wildman–Crippen LogP) is 0.930. The lowest BCUT2D eigenvalue weighted by atomic mass is 10.0. The number of benzene rings is 1. The van der Waals surface area contributed by atoms with Gasteiger partial charge >= 0.3 is 11.8 Å². The van der Waals surface area contributed by atoms with Crippen LogP contribution in [0.2, 0.25) is 0 Å². The fourth-order valence-corrected chi connectivity index (χ4v) is 5.08. The van der Waals surface area contributed by atoms with Crippen molar-refractivity contribution >= 4 is 21.8 Å². The maximum atomic E-state index is 13.3. The average Bonchev–Trinajstić information content (AvgIpc) is 2.60. The maximum Gasteiger partial charge on any atom is 0.309 e. The fraction of sp³-hybridized carbons (Fsp3) is 0.529. The van der Waals surface area contributed by atoms with Crippen LogP contribution in [0.5, 0.6) is 0 Å². The lowest BCUT2D eigenvalue weighted by molar-refractivity contribution is -0.138. The van der Waals surface area contributed by atoms with Gasteiger partial charge in [0.25, 0.3) is 0 Å². The Hall–Kier alpha value is -2.00. The van der Waals surface area contributed by atoms with E-state index in [0.717, 1.165) is 18.9 Å². The largest absolute Gasteiger partial charge is 0.351 e. The molecule has 7 nitrogen and oxygen atoms in total. The van der Waals surface area contributed by atoms with E-state index >= 15 is 0 Å². The van der Waals surface area contributed by atoms with Crippen LogP contribution >= 0.6 is 0 Å². The molecule has 0 radical (unpaired) electrons. The van der Waals surface area contributed by atoms with Gasteiger partial charge in [0.1, 0.15) is 5.82 Å². The van der Waals surface area contributed by atoms with Gasteiger partial charge in [-0.05, 0) is 49.9 Å². The third-order valence-electron chi connectivity index (χ3n) is 4.49. The first-order chi connectivity index (χ1) is 12.3. The molecule has 1 saturated heterocycles. The second kappa shape index (κ2) is 8.59. The van der Waals surface area contributed by atoms with Gasteiger partial charge in [0, 0.05) is 26.2 Å². The average molecular weight is 385 g/mol. The molecule has 1 aliphatic rings. The monoisotopic (exact) mass is 385 g/mol. The number of hydrogen-bond donors (Lipinski definition) is 2. The van der Waals surface area contributed by atoms with Gasteiger partial charge in [-0.3, -0.25) is 9.59 Å². The zero-order valence-electron chi connectivity index (χ0n) is 14.9. The molecule has 2 N–H and O–H groups in total. The summed E-state index contributed by atoms with van der Waals surface area (Å²) in [7, 11) is -2.39. The van der Waals surface area contributed by atoms with Crippen molar-refractivity contribution in [3.05, 3.63) is 29.6 Å². The predicted molar refractivity (Wildman–Crippen MR) is 94.4 cm³/mol. The third kappa shape index (κ3) is 4.59. The number of halogens is 1. The molecule has 26 heavy (non-hydrogen) atoms. The molecule has 0 bridgehead atoms. The minimum absolute atomic E-state index is 0.0974. The second-order valence-corrected chi connectivity index (χ2v) is 8.16. The number of nitrogens with one attached hydrogen (secondary N) is 2. The Kier molecular flexibility index (Phi) is 6.71. The summed E-state index contributed by atoms with van der Waals surface area (Å²) in [6.07, 6.45) is 2.72. The summed E-state index contributed by atoms with van der Waals surface area (Å²) in [5.74, 6) is -1.96. The van der Waals surface area contributed by atoms with Gasteiger partial charge in [-0.15, -0.1) is 0 Å². The van der Waals surface area contributed by atoms with Gasteiger partial charge in [-0.2, -0.15) is 4.31 Å². The number of likely N-dealkylation sites (N-methyl/N-ethyl adjacent to an activating group) is 1. The first-order valence-electron chi connectivity index (χ1n) is 8.55. The molecule has 1 unspecified atom stereocenters. The summed E-state index contributed by atoms with van der Waals surface area (Å²) < 4.78 is 40.8. The molecule has 144 valence electrons. The lowest BCUT2D eigenvalue weighted by Crippen LogP contribution is -2.46. The number of carbonyl (C=O) groups excluding carboxylic acids is 2. The highest BCUT2D eigenvalue weighted by Crippen LogP contribution is 2.28. The summed E-state index contributed by atoms with van der Waals surface area (Å²) in [6, 6.07) is 3.36. The van der Waals surface area contributed by atoms with E-state index in [2.05, 4.69) is 10.6 Å². The standard InChI is InChI=1S/C17H24FN3O4S/c1-12-11-13(18)6-7-15(12)26(24,25)21-10-4-3-5-14(21)8-9-20-17(23)16(22)19-2/h6-7,11,14H,3-5,8-10H2,1-2H3,(H,19,22)(H,20,23). The van der Waals surface area contributed by atoms with E-state index in [0.29, 0.717) is 24.9 Å². The number of sulfonamides is 1. The Balaban J connectivity index is 2.12. The molecule has 1 aromatic carbocycles. The molecule has 0 aliphatic carbocycles. The van der Waals surface area contributed by atoms with Gasteiger partial charge in [-0.25, -0.2) is 12.8 Å². The number of amides is 2. The van der Waals surface area contributed by atoms with Crippen molar-refractivity contribution in [2.45, 2.75) is 43.5 Å². The van der Waals surface area contributed by atoms with Crippen LogP contribution in [0.25, 0.3) is 0 Å². The van der Waals surface area contributed by atoms with Gasteiger partial charge in [0.2, 0.25) is 10.0 Å². The normalized spacial score (nSPS) is 18.3. The van der Waals surface area contributed by atoms with Crippen LogP contribution in [0.4, 0.5) is 4.39 Å². The summed E-state index contributed by atoms with van der Waals surface area (Å²) in [6.45, 7) is 2.15. The Morgan fingerprint density at radius 2 is 2.00 bits per heavy atom. The molecule has 9 heteroatoms. The first kappa shape index (κ1) is 20.3. The van der Waals surface area contributed by atoms with E-state index in [1.54, 1.807) is 6.92 Å². The lowest BCUT2D eigenvalue weighted by Gasteiger charge is -2.35. The van der Waals surface area contributed by atoms with Crippen molar-refractivity contribution in [2.24, 2.45) is 0 Å². The van der Waals surface area contributed by atoms with Crippen LogP contribution in [-0.4, -0.2) is 50.7 Å². The zero-order valence-corrected chi connectivity index (χ0v) is 15.7. The molecule has 2 rings (SSSR count). The van der Waals surface area contributed by atoms with Crippen LogP contribution in [0.3, 0.4) is 0 Å². The van der Waals surface area contributed by atoms with E-state index in [4.69, 9.17) is 0 Å². The number of aryl methyl sites for hydroxylation is 1. The van der Waals surface area contributed by atoms with Crippen LogP contribution in [0, 0.1) is 12.7 Å². The Labute approximate surface area is 153 Å². The SMILES string of the molecule is CNC(=O)C(=O)NCCC1CCCCN1S(=O)(=O)c1ccc(F)cc1C. The number of nitrogens with zero attached hydrogens (tertiary/aromatic N) is 1. The van der Waals surface area contributed by atoms with Crippen LogP contribution in [0.15, 0.2) is 23.1 Å². The fourth-order valence-electron chi connectivity index (χ4n) is 3.15. The highest BCUT2D eigenvalue weighted by molar-refractivity contribution is 7.89. The van der Waals surface area contributed by atoms with E-state index in [9.17, 15) is 22.4 Å². The highest BCUT2D eigenvalue weighted by atomic mass is 32.2. The van der Waals surface area contributed by atoms with E-state index in [1.807, 2.05) is 0 Å². The van der Waals surface area contributed by atoms with E-state index < -0.39 is 27.7 Å². The molecule has 1 heterocycles. The molecule has 1 aromatic rings.